The zero-order valence-electron chi connectivity index (χ0n) is 12.0. The third-order valence-electron chi connectivity index (χ3n) is 3.62. The fourth-order valence-corrected chi connectivity index (χ4v) is 3.61. The molecule has 6 heteroatoms. The number of thioether (sulfide) groups is 1. The number of hydrogen-bond acceptors (Lipinski definition) is 3. The Bertz CT molecular complexity index is 444. The molecule has 1 aromatic rings. The average molecular weight is 394 g/mol. The third-order valence-corrected chi connectivity index (χ3v) is 5.16. The molecule has 21 heavy (non-hydrogen) atoms. The molecule has 118 valence electrons. The van der Waals surface area contributed by atoms with E-state index >= 15 is 0 Å². The van der Waals surface area contributed by atoms with Crippen LogP contribution >= 0.6 is 40.1 Å². The lowest BCUT2D eigenvalue weighted by molar-refractivity contribution is -0.134. The monoisotopic (exact) mass is 392 g/mol. The van der Waals surface area contributed by atoms with Crippen molar-refractivity contribution in [1.82, 2.24) is 4.90 Å². The zero-order valence-corrected chi connectivity index (χ0v) is 15.2. The summed E-state index contributed by atoms with van der Waals surface area (Å²) in [6, 6.07) is 8.46. The molecule has 1 atom stereocenters. The molecule has 1 aromatic carbocycles. The number of nitrogens with two attached hydrogens (primary N) is 1. The van der Waals surface area contributed by atoms with Crippen molar-refractivity contribution in [3.8, 4) is 0 Å². The largest absolute Gasteiger partial charge is 0.338 e. The van der Waals surface area contributed by atoms with Gasteiger partial charge in [0.15, 0.2) is 0 Å². The summed E-state index contributed by atoms with van der Waals surface area (Å²) < 4.78 is 1.08. The van der Waals surface area contributed by atoms with Gasteiger partial charge in [-0.3, -0.25) is 4.79 Å². The summed E-state index contributed by atoms with van der Waals surface area (Å²) in [5.74, 6) is 1.08. The van der Waals surface area contributed by atoms with Crippen LogP contribution in [-0.4, -0.2) is 35.7 Å². The van der Waals surface area contributed by atoms with Gasteiger partial charge in [-0.05, 0) is 43.5 Å². The number of amides is 1. The molecule has 3 nitrogen and oxygen atoms in total. The van der Waals surface area contributed by atoms with Gasteiger partial charge >= 0.3 is 0 Å². The molecule has 1 saturated heterocycles. The van der Waals surface area contributed by atoms with E-state index in [-0.39, 0.29) is 24.4 Å². The van der Waals surface area contributed by atoms with Gasteiger partial charge in [0, 0.05) is 40.7 Å². The third kappa shape index (κ3) is 5.81. The molecule has 1 heterocycles. The van der Waals surface area contributed by atoms with E-state index in [0.29, 0.717) is 13.0 Å². The first-order valence-electron chi connectivity index (χ1n) is 7.08. The van der Waals surface area contributed by atoms with E-state index in [1.54, 1.807) is 11.8 Å². The SMILES string of the molecule is Cl.NCC1CCCCN1C(=O)CCSc1ccc(Br)cc1. The summed E-state index contributed by atoms with van der Waals surface area (Å²) in [5, 5.41) is 0. The number of carbonyl (C=O) groups excluding carboxylic acids is 1. The Kier molecular flexibility index (Phi) is 8.71. The van der Waals surface area contributed by atoms with Crippen LogP contribution < -0.4 is 5.73 Å². The lowest BCUT2D eigenvalue weighted by atomic mass is 10.0. The normalized spacial score (nSPS) is 18.2. The first kappa shape index (κ1) is 18.8. The van der Waals surface area contributed by atoms with Crippen molar-refractivity contribution >= 4 is 46.0 Å². The second kappa shape index (κ2) is 9.72. The van der Waals surface area contributed by atoms with Crippen molar-refractivity contribution in [3.05, 3.63) is 28.7 Å². The minimum Gasteiger partial charge on any atom is -0.338 e. The van der Waals surface area contributed by atoms with Gasteiger partial charge in [0.05, 0.1) is 0 Å². The van der Waals surface area contributed by atoms with Crippen LogP contribution in [0, 0.1) is 0 Å². The van der Waals surface area contributed by atoms with Gasteiger partial charge < -0.3 is 10.6 Å². The van der Waals surface area contributed by atoms with Gasteiger partial charge in [0.2, 0.25) is 5.91 Å². The molecular formula is C15H22BrClN2OS. The molecule has 1 aliphatic heterocycles. The van der Waals surface area contributed by atoms with Gasteiger partial charge in [-0.1, -0.05) is 15.9 Å². The summed E-state index contributed by atoms with van der Waals surface area (Å²) in [5.41, 5.74) is 5.76. The standard InChI is InChI=1S/C15H21BrN2OS.ClH/c16-12-4-6-14(7-5-12)20-10-8-15(19)18-9-2-1-3-13(18)11-17;/h4-7,13H,1-3,8-11,17H2;1H. The van der Waals surface area contributed by atoms with Crippen molar-refractivity contribution in [3.63, 3.8) is 0 Å². The number of piperidine rings is 1. The predicted molar refractivity (Wildman–Crippen MR) is 95.1 cm³/mol. The molecule has 2 N–H and O–H groups in total. The highest BCUT2D eigenvalue weighted by atomic mass is 79.9. The van der Waals surface area contributed by atoms with E-state index in [0.717, 1.165) is 29.6 Å². The fraction of sp³-hybridized carbons (Fsp3) is 0.533. The first-order chi connectivity index (χ1) is 9.70. The number of halogens is 2. The topological polar surface area (TPSA) is 46.3 Å². The first-order valence-corrected chi connectivity index (χ1v) is 8.86. The smallest absolute Gasteiger partial charge is 0.223 e. The minimum atomic E-state index is 0. The molecule has 0 saturated carbocycles. The van der Waals surface area contributed by atoms with Gasteiger partial charge in [0.25, 0.3) is 0 Å². The van der Waals surface area contributed by atoms with E-state index in [1.165, 1.54) is 11.3 Å². The molecule has 2 rings (SSSR count). The molecule has 0 aromatic heterocycles. The second-order valence-electron chi connectivity index (χ2n) is 5.02. The Morgan fingerprint density at radius 2 is 2.05 bits per heavy atom. The Morgan fingerprint density at radius 3 is 2.71 bits per heavy atom. The number of nitrogens with zero attached hydrogens (tertiary/aromatic N) is 1. The van der Waals surface area contributed by atoms with Crippen LogP contribution in [0.3, 0.4) is 0 Å². The summed E-state index contributed by atoms with van der Waals surface area (Å²) >= 11 is 5.15. The average Bonchev–Trinajstić information content (AvgIpc) is 2.49. The number of likely N-dealkylation sites (tertiary alicyclic amines) is 1. The second-order valence-corrected chi connectivity index (χ2v) is 7.11. The minimum absolute atomic E-state index is 0. The zero-order chi connectivity index (χ0) is 14.4. The van der Waals surface area contributed by atoms with Gasteiger partial charge in [-0.25, -0.2) is 0 Å². The number of carbonyl (C=O) groups is 1. The molecule has 0 aliphatic carbocycles. The molecule has 1 aliphatic rings. The number of rotatable bonds is 5. The number of benzene rings is 1. The fourth-order valence-electron chi connectivity index (χ4n) is 2.50. The summed E-state index contributed by atoms with van der Waals surface area (Å²) in [4.78, 5) is 15.5. The predicted octanol–water partition coefficient (Wildman–Crippen LogP) is 3.69. The van der Waals surface area contributed by atoms with Gasteiger partial charge in [-0.2, -0.15) is 0 Å². The Balaban J connectivity index is 0.00000220. The van der Waals surface area contributed by atoms with E-state index in [4.69, 9.17) is 5.73 Å². The molecular weight excluding hydrogens is 372 g/mol. The number of hydrogen-bond donors (Lipinski definition) is 1. The van der Waals surface area contributed by atoms with Gasteiger partial charge in [0.1, 0.15) is 0 Å². The van der Waals surface area contributed by atoms with Crippen LogP contribution in [0.2, 0.25) is 0 Å². The Labute approximate surface area is 145 Å². The Morgan fingerprint density at radius 1 is 1.33 bits per heavy atom. The maximum absolute atomic E-state index is 12.3. The van der Waals surface area contributed by atoms with Crippen molar-refractivity contribution in [1.29, 1.82) is 0 Å². The molecule has 1 amide bonds. The van der Waals surface area contributed by atoms with Crippen molar-refractivity contribution in [2.45, 2.75) is 36.6 Å². The van der Waals surface area contributed by atoms with E-state index in [1.807, 2.05) is 17.0 Å². The highest BCUT2D eigenvalue weighted by Crippen LogP contribution is 2.22. The van der Waals surface area contributed by atoms with Crippen molar-refractivity contribution < 1.29 is 4.79 Å². The van der Waals surface area contributed by atoms with E-state index in [9.17, 15) is 4.79 Å². The van der Waals surface area contributed by atoms with Crippen LogP contribution in [0.15, 0.2) is 33.6 Å². The Hall–Kier alpha value is -0.230. The van der Waals surface area contributed by atoms with E-state index < -0.39 is 0 Å². The lowest BCUT2D eigenvalue weighted by Gasteiger charge is -2.35. The maximum Gasteiger partial charge on any atom is 0.223 e. The quantitative estimate of drug-likeness (QED) is 0.776. The van der Waals surface area contributed by atoms with Crippen LogP contribution in [0.5, 0.6) is 0 Å². The molecule has 0 bridgehead atoms. The molecule has 1 fully saturated rings. The van der Waals surface area contributed by atoms with Crippen LogP contribution in [0.25, 0.3) is 0 Å². The highest BCUT2D eigenvalue weighted by molar-refractivity contribution is 9.10. The summed E-state index contributed by atoms with van der Waals surface area (Å²) in [6.07, 6.45) is 3.96. The van der Waals surface area contributed by atoms with Crippen LogP contribution in [0.4, 0.5) is 0 Å². The van der Waals surface area contributed by atoms with Crippen LogP contribution in [-0.2, 0) is 4.79 Å². The van der Waals surface area contributed by atoms with Gasteiger partial charge in [-0.15, -0.1) is 24.2 Å². The highest BCUT2D eigenvalue weighted by Gasteiger charge is 2.24. The summed E-state index contributed by atoms with van der Waals surface area (Å²) in [7, 11) is 0. The van der Waals surface area contributed by atoms with Crippen molar-refractivity contribution in [2.24, 2.45) is 5.73 Å². The van der Waals surface area contributed by atoms with Crippen molar-refractivity contribution in [2.75, 3.05) is 18.8 Å². The summed E-state index contributed by atoms with van der Waals surface area (Å²) in [6.45, 7) is 1.47. The lowest BCUT2D eigenvalue weighted by Crippen LogP contribution is -2.47. The molecule has 0 spiro atoms. The molecule has 1 unspecified atom stereocenters. The van der Waals surface area contributed by atoms with E-state index in [2.05, 4.69) is 28.1 Å². The molecule has 0 radical (unpaired) electrons. The van der Waals surface area contributed by atoms with Crippen LogP contribution in [0.1, 0.15) is 25.7 Å². The maximum atomic E-state index is 12.3.